The summed E-state index contributed by atoms with van der Waals surface area (Å²) in [6.45, 7) is 2.49. The number of likely N-dealkylation sites (tertiary alicyclic amines) is 1. The minimum Gasteiger partial charge on any atom is -0.459 e. The van der Waals surface area contributed by atoms with E-state index in [2.05, 4.69) is 0 Å². The number of rotatable bonds is 3. The summed E-state index contributed by atoms with van der Waals surface area (Å²) >= 11 is 5.89. The number of benzene rings is 1. The van der Waals surface area contributed by atoms with Crippen molar-refractivity contribution in [2.45, 2.75) is 12.8 Å². The molecule has 0 saturated carbocycles. The third kappa shape index (κ3) is 4.58. The van der Waals surface area contributed by atoms with Crippen LogP contribution in [0.3, 0.4) is 0 Å². The molecule has 4 rings (SSSR count). The van der Waals surface area contributed by atoms with Gasteiger partial charge in [0, 0.05) is 50.2 Å². The molecule has 0 radical (unpaired) electrons. The molecule has 2 aromatic rings. The number of piperazine rings is 1. The van der Waals surface area contributed by atoms with Crippen LogP contribution in [0.25, 0.3) is 0 Å². The maximum Gasteiger partial charge on any atom is 0.289 e. The number of piperidine rings is 1. The summed E-state index contributed by atoms with van der Waals surface area (Å²) in [5, 5.41) is 0.301. The predicted molar refractivity (Wildman–Crippen MR) is 111 cm³/mol. The van der Waals surface area contributed by atoms with Gasteiger partial charge in [0.2, 0.25) is 5.91 Å². The summed E-state index contributed by atoms with van der Waals surface area (Å²) in [7, 11) is 0. The second-order valence-corrected chi connectivity index (χ2v) is 8.22. The van der Waals surface area contributed by atoms with Crippen molar-refractivity contribution in [1.82, 2.24) is 14.7 Å². The summed E-state index contributed by atoms with van der Waals surface area (Å²) in [5.74, 6) is -0.974. The molecule has 2 aliphatic rings. The standard InChI is InChI=1S/C22H23ClFN3O4/c23-16-3-4-18(24)17(14-16)21(29)27-11-9-26(10-12-27)20(28)15-5-7-25(8-6-15)22(30)19-2-1-13-31-19/h1-4,13-15H,5-12H2. The van der Waals surface area contributed by atoms with Crippen LogP contribution >= 0.6 is 11.6 Å². The van der Waals surface area contributed by atoms with Gasteiger partial charge in [-0.3, -0.25) is 14.4 Å². The van der Waals surface area contributed by atoms with E-state index in [0.717, 1.165) is 0 Å². The minimum absolute atomic E-state index is 0.0473. The molecule has 1 aromatic heterocycles. The van der Waals surface area contributed by atoms with Crippen LogP contribution in [0.4, 0.5) is 4.39 Å². The topological polar surface area (TPSA) is 74.1 Å². The zero-order valence-corrected chi connectivity index (χ0v) is 17.7. The Balaban J connectivity index is 1.28. The highest BCUT2D eigenvalue weighted by atomic mass is 35.5. The Bertz CT molecular complexity index is 965. The lowest BCUT2D eigenvalue weighted by molar-refractivity contribution is -0.138. The van der Waals surface area contributed by atoms with Gasteiger partial charge in [0.05, 0.1) is 11.8 Å². The van der Waals surface area contributed by atoms with E-state index in [4.69, 9.17) is 16.0 Å². The maximum atomic E-state index is 14.0. The number of carbonyl (C=O) groups is 3. The highest BCUT2D eigenvalue weighted by molar-refractivity contribution is 6.31. The molecule has 164 valence electrons. The van der Waals surface area contributed by atoms with Crippen molar-refractivity contribution < 1.29 is 23.2 Å². The van der Waals surface area contributed by atoms with Crippen LogP contribution < -0.4 is 0 Å². The number of halogens is 2. The van der Waals surface area contributed by atoms with Gasteiger partial charge in [-0.25, -0.2) is 4.39 Å². The van der Waals surface area contributed by atoms with Crippen LogP contribution in [0.2, 0.25) is 5.02 Å². The average molecular weight is 448 g/mol. The zero-order valence-electron chi connectivity index (χ0n) is 16.9. The van der Waals surface area contributed by atoms with E-state index < -0.39 is 11.7 Å². The lowest BCUT2D eigenvalue weighted by Gasteiger charge is -2.38. The summed E-state index contributed by atoms with van der Waals surface area (Å²) in [6.07, 6.45) is 2.66. The van der Waals surface area contributed by atoms with Gasteiger partial charge in [0.25, 0.3) is 11.8 Å². The van der Waals surface area contributed by atoms with E-state index in [1.54, 1.807) is 26.8 Å². The molecule has 0 N–H and O–H groups in total. The van der Waals surface area contributed by atoms with Crippen molar-refractivity contribution in [2.75, 3.05) is 39.3 Å². The molecule has 7 nitrogen and oxygen atoms in total. The van der Waals surface area contributed by atoms with Crippen molar-refractivity contribution in [3.8, 4) is 0 Å². The third-order valence-electron chi connectivity index (χ3n) is 5.90. The average Bonchev–Trinajstić information content (AvgIpc) is 3.34. The normalized spacial score (nSPS) is 17.7. The van der Waals surface area contributed by atoms with Gasteiger partial charge >= 0.3 is 0 Å². The second-order valence-electron chi connectivity index (χ2n) is 7.79. The molecule has 3 heterocycles. The van der Waals surface area contributed by atoms with Crippen molar-refractivity contribution in [3.63, 3.8) is 0 Å². The van der Waals surface area contributed by atoms with Crippen molar-refractivity contribution in [3.05, 3.63) is 58.8 Å². The molecule has 2 fully saturated rings. The van der Waals surface area contributed by atoms with Gasteiger partial charge < -0.3 is 19.1 Å². The van der Waals surface area contributed by atoms with E-state index in [0.29, 0.717) is 62.9 Å². The van der Waals surface area contributed by atoms with Gasteiger partial charge in [-0.1, -0.05) is 11.6 Å². The van der Waals surface area contributed by atoms with Gasteiger partial charge in [0.15, 0.2) is 5.76 Å². The number of hydrogen-bond donors (Lipinski definition) is 0. The lowest BCUT2D eigenvalue weighted by Crippen LogP contribution is -2.53. The first kappa shape index (κ1) is 21.4. The first-order valence-corrected chi connectivity index (χ1v) is 10.7. The van der Waals surface area contributed by atoms with E-state index in [-0.39, 0.29) is 23.3 Å². The number of furan rings is 1. The Kier molecular flexibility index (Phi) is 6.27. The molecule has 2 aliphatic heterocycles. The fraction of sp³-hybridized carbons (Fsp3) is 0.409. The smallest absolute Gasteiger partial charge is 0.289 e. The quantitative estimate of drug-likeness (QED) is 0.725. The fourth-order valence-electron chi connectivity index (χ4n) is 4.11. The number of hydrogen-bond acceptors (Lipinski definition) is 4. The molecule has 0 bridgehead atoms. The van der Waals surface area contributed by atoms with Gasteiger partial charge in [-0.05, 0) is 43.2 Å². The molecule has 0 atom stereocenters. The molecule has 0 aliphatic carbocycles. The van der Waals surface area contributed by atoms with E-state index in [9.17, 15) is 18.8 Å². The fourth-order valence-corrected chi connectivity index (χ4v) is 4.28. The molecular weight excluding hydrogens is 425 g/mol. The number of carbonyl (C=O) groups excluding carboxylic acids is 3. The molecule has 9 heteroatoms. The molecule has 2 saturated heterocycles. The molecule has 0 unspecified atom stereocenters. The first-order valence-electron chi connectivity index (χ1n) is 10.3. The molecule has 0 spiro atoms. The highest BCUT2D eigenvalue weighted by Gasteiger charge is 2.33. The van der Waals surface area contributed by atoms with Crippen LogP contribution in [-0.4, -0.2) is 71.7 Å². The SMILES string of the molecule is O=C(c1ccco1)N1CCC(C(=O)N2CCN(C(=O)c3cc(Cl)ccc3F)CC2)CC1. The Labute approximate surface area is 184 Å². The van der Waals surface area contributed by atoms with E-state index >= 15 is 0 Å². The largest absolute Gasteiger partial charge is 0.459 e. The maximum absolute atomic E-state index is 14.0. The molecule has 1 aromatic carbocycles. The highest BCUT2D eigenvalue weighted by Crippen LogP contribution is 2.23. The van der Waals surface area contributed by atoms with E-state index in [1.165, 1.54) is 24.5 Å². The van der Waals surface area contributed by atoms with E-state index in [1.807, 2.05) is 0 Å². The zero-order chi connectivity index (χ0) is 22.0. The Morgan fingerprint density at radius 3 is 2.19 bits per heavy atom. The lowest BCUT2D eigenvalue weighted by atomic mass is 9.94. The molecule has 31 heavy (non-hydrogen) atoms. The van der Waals surface area contributed by atoms with Crippen molar-refractivity contribution >= 4 is 29.3 Å². The van der Waals surface area contributed by atoms with Crippen molar-refractivity contribution in [1.29, 1.82) is 0 Å². The van der Waals surface area contributed by atoms with Gasteiger partial charge in [0.1, 0.15) is 5.82 Å². The van der Waals surface area contributed by atoms with Crippen LogP contribution in [0.1, 0.15) is 33.8 Å². The summed E-state index contributed by atoms with van der Waals surface area (Å²) < 4.78 is 19.2. The summed E-state index contributed by atoms with van der Waals surface area (Å²) in [4.78, 5) is 42.9. The van der Waals surface area contributed by atoms with Crippen LogP contribution in [0.5, 0.6) is 0 Å². The summed E-state index contributed by atoms with van der Waals surface area (Å²) in [5.41, 5.74) is -0.0547. The predicted octanol–water partition coefficient (Wildman–Crippen LogP) is 2.91. The second kappa shape index (κ2) is 9.09. The monoisotopic (exact) mass is 447 g/mol. The summed E-state index contributed by atoms with van der Waals surface area (Å²) in [6, 6.07) is 7.22. The Hall–Kier alpha value is -2.87. The van der Waals surface area contributed by atoms with Crippen LogP contribution in [0.15, 0.2) is 41.0 Å². The molecular formula is C22H23ClFN3O4. The number of nitrogens with zero attached hydrogens (tertiary/aromatic N) is 3. The van der Waals surface area contributed by atoms with Gasteiger partial charge in [-0.15, -0.1) is 0 Å². The third-order valence-corrected chi connectivity index (χ3v) is 6.14. The first-order chi connectivity index (χ1) is 14.9. The number of amides is 3. The van der Waals surface area contributed by atoms with Crippen LogP contribution in [0, 0.1) is 11.7 Å². The van der Waals surface area contributed by atoms with Crippen LogP contribution in [-0.2, 0) is 4.79 Å². The Morgan fingerprint density at radius 1 is 0.903 bits per heavy atom. The van der Waals surface area contributed by atoms with Crippen molar-refractivity contribution in [2.24, 2.45) is 5.92 Å². The molecule has 3 amide bonds. The minimum atomic E-state index is -0.608. The Morgan fingerprint density at radius 2 is 1.55 bits per heavy atom. The van der Waals surface area contributed by atoms with Gasteiger partial charge in [-0.2, -0.15) is 0 Å².